The molecule has 25 heavy (non-hydrogen) atoms. The first-order valence-corrected chi connectivity index (χ1v) is 8.03. The minimum atomic E-state index is -0.871. The molecule has 0 spiro atoms. The van der Waals surface area contributed by atoms with Crippen LogP contribution in [0.2, 0.25) is 5.02 Å². The largest absolute Gasteiger partial charge is 0.387 e. The molecule has 2 N–H and O–H groups in total. The Bertz CT molecular complexity index is 986. The van der Waals surface area contributed by atoms with Crippen LogP contribution >= 0.6 is 11.6 Å². The normalized spacial score (nSPS) is 12.1. The Morgan fingerprint density at radius 1 is 1.28 bits per heavy atom. The number of aliphatic hydroxyl groups excluding tert-OH is 1. The molecular formula is C18H16ClN3O3. The number of nitrogens with zero attached hydrogens (tertiary/aromatic N) is 2. The summed E-state index contributed by atoms with van der Waals surface area (Å²) in [6.07, 6.45) is -0.871. The summed E-state index contributed by atoms with van der Waals surface area (Å²) in [5, 5.41) is 17.4. The smallest absolute Gasteiger partial charge is 0.275 e. The zero-order chi connectivity index (χ0) is 18.0. The molecule has 3 rings (SSSR count). The third-order valence-electron chi connectivity index (χ3n) is 3.87. The van der Waals surface area contributed by atoms with Crippen molar-refractivity contribution in [2.75, 3.05) is 6.54 Å². The van der Waals surface area contributed by atoms with Gasteiger partial charge in [0.25, 0.3) is 5.91 Å². The van der Waals surface area contributed by atoms with Crippen LogP contribution in [0.3, 0.4) is 0 Å². The first-order valence-electron chi connectivity index (χ1n) is 7.65. The van der Waals surface area contributed by atoms with E-state index in [1.807, 2.05) is 6.07 Å². The highest BCUT2D eigenvalue weighted by molar-refractivity contribution is 6.31. The van der Waals surface area contributed by atoms with E-state index in [0.717, 1.165) is 0 Å². The monoisotopic (exact) mass is 357 g/mol. The fraction of sp³-hybridized carbons (Fsp3) is 0.167. The Labute approximate surface area is 148 Å². The highest BCUT2D eigenvalue weighted by Gasteiger charge is 2.18. The van der Waals surface area contributed by atoms with Gasteiger partial charge in [0.15, 0.2) is 5.69 Å². The summed E-state index contributed by atoms with van der Waals surface area (Å²) in [6.45, 7) is -0.0265. The number of benzene rings is 2. The second-order valence-electron chi connectivity index (χ2n) is 5.60. The van der Waals surface area contributed by atoms with Crippen molar-refractivity contribution >= 4 is 28.4 Å². The summed E-state index contributed by atoms with van der Waals surface area (Å²) in [5.74, 6) is -0.641. The fourth-order valence-electron chi connectivity index (χ4n) is 2.56. The van der Waals surface area contributed by atoms with Crippen LogP contribution in [0, 0.1) is 0 Å². The predicted molar refractivity (Wildman–Crippen MR) is 95.7 cm³/mol. The number of aryl methyl sites for hydroxylation is 1. The second-order valence-corrected chi connectivity index (χ2v) is 6.04. The third-order valence-corrected chi connectivity index (χ3v) is 4.11. The number of hydrogen-bond acceptors (Lipinski definition) is 4. The van der Waals surface area contributed by atoms with Gasteiger partial charge in [-0.05, 0) is 23.8 Å². The molecule has 1 atom stereocenters. The molecular weight excluding hydrogens is 342 g/mol. The average Bonchev–Trinajstić information content (AvgIpc) is 2.63. The molecule has 1 aromatic heterocycles. The summed E-state index contributed by atoms with van der Waals surface area (Å²) < 4.78 is 1.45. The zero-order valence-corrected chi connectivity index (χ0v) is 14.2. The van der Waals surface area contributed by atoms with E-state index in [-0.39, 0.29) is 12.2 Å². The van der Waals surface area contributed by atoms with Crippen LogP contribution in [0.4, 0.5) is 0 Å². The van der Waals surface area contributed by atoms with Gasteiger partial charge in [-0.3, -0.25) is 14.3 Å². The van der Waals surface area contributed by atoms with Gasteiger partial charge < -0.3 is 10.4 Å². The Morgan fingerprint density at radius 3 is 2.72 bits per heavy atom. The van der Waals surface area contributed by atoms with Crippen molar-refractivity contribution < 1.29 is 9.90 Å². The molecule has 6 nitrogen and oxygen atoms in total. The van der Waals surface area contributed by atoms with E-state index in [9.17, 15) is 14.7 Å². The molecule has 0 aliphatic rings. The Kier molecular flexibility index (Phi) is 4.83. The number of halogens is 1. The number of fused-ring (bicyclic) bond motifs is 1. The Morgan fingerprint density at radius 2 is 2.00 bits per heavy atom. The molecule has 128 valence electrons. The third kappa shape index (κ3) is 3.55. The van der Waals surface area contributed by atoms with Crippen molar-refractivity contribution in [2.45, 2.75) is 6.10 Å². The van der Waals surface area contributed by atoms with Crippen LogP contribution in [0.25, 0.3) is 10.9 Å². The van der Waals surface area contributed by atoms with Crippen LogP contribution in [-0.2, 0) is 7.05 Å². The number of carbonyl (C=O) groups is 1. The van der Waals surface area contributed by atoms with Gasteiger partial charge in [0.1, 0.15) is 0 Å². The molecule has 1 heterocycles. The van der Waals surface area contributed by atoms with Crippen LogP contribution in [0.5, 0.6) is 0 Å². The maximum Gasteiger partial charge on any atom is 0.275 e. The van der Waals surface area contributed by atoms with Crippen molar-refractivity contribution in [3.8, 4) is 0 Å². The van der Waals surface area contributed by atoms with Gasteiger partial charge in [-0.25, -0.2) is 0 Å². The lowest BCUT2D eigenvalue weighted by molar-refractivity contribution is 0.0908. The minimum absolute atomic E-state index is 0.0265. The van der Waals surface area contributed by atoms with Crippen LogP contribution < -0.4 is 10.7 Å². The molecule has 1 unspecified atom stereocenters. The molecule has 2 aromatic carbocycles. The lowest BCUT2D eigenvalue weighted by atomic mass is 10.1. The van der Waals surface area contributed by atoms with Crippen LogP contribution in [0.1, 0.15) is 22.2 Å². The number of amides is 1. The molecule has 7 heteroatoms. The van der Waals surface area contributed by atoms with Gasteiger partial charge >= 0.3 is 0 Å². The van der Waals surface area contributed by atoms with Gasteiger partial charge in [-0.2, -0.15) is 5.10 Å². The first kappa shape index (κ1) is 17.1. The van der Waals surface area contributed by atoms with Crippen molar-refractivity contribution in [2.24, 2.45) is 7.05 Å². The highest BCUT2D eigenvalue weighted by Crippen LogP contribution is 2.16. The molecule has 0 saturated carbocycles. The maximum atomic E-state index is 12.5. The van der Waals surface area contributed by atoms with Gasteiger partial charge in [0.05, 0.1) is 17.0 Å². The van der Waals surface area contributed by atoms with Crippen molar-refractivity contribution in [3.05, 3.63) is 75.0 Å². The summed E-state index contributed by atoms with van der Waals surface area (Å²) in [4.78, 5) is 24.9. The van der Waals surface area contributed by atoms with Crippen LogP contribution in [-0.4, -0.2) is 27.3 Å². The van der Waals surface area contributed by atoms with Crippen molar-refractivity contribution in [1.82, 2.24) is 15.1 Å². The average molecular weight is 358 g/mol. The lowest BCUT2D eigenvalue weighted by Crippen LogP contribution is -2.34. The quantitative estimate of drug-likeness (QED) is 0.748. The van der Waals surface area contributed by atoms with Gasteiger partial charge in [0.2, 0.25) is 5.43 Å². The minimum Gasteiger partial charge on any atom is -0.387 e. The molecule has 0 radical (unpaired) electrons. The van der Waals surface area contributed by atoms with E-state index in [2.05, 4.69) is 10.4 Å². The van der Waals surface area contributed by atoms with E-state index in [0.29, 0.717) is 21.5 Å². The standard InChI is InChI=1S/C18H16ClN3O3/c1-22-14-8-7-12(19)9-13(14)17(24)16(21-22)18(25)20-10-15(23)11-5-3-2-4-6-11/h2-9,15,23H,10H2,1H3,(H,20,25). The highest BCUT2D eigenvalue weighted by atomic mass is 35.5. The maximum absolute atomic E-state index is 12.5. The topological polar surface area (TPSA) is 84.2 Å². The van der Waals surface area contributed by atoms with E-state index in [1.54, 1.807) is 43.4 Å². The summed E-state index contributed by atoms with van der Waals surface area (Å²) >= 11 is 5.94. The molecule has 0 fully saturated rings. The zero-order valence-electron chi connectivity index (χ0n) is 13.4. The van der Waals surface area contributed by atoms with E-state index < -0.39 is 17.4 Å². The Hall–Kier alpha value is -2.70. The fourth-order valence-corrected chi connectivity index (χ4v) is 2.74. The molecule has 0 bridgehead atoms. The molecule has 3 aromatic rings. The summed E-state index contributed by atoms with van der Waals surface area (Å²) in [7, 11) is 1.64. The van der Waals surface area contributed by atoms with Crippen molar-refractivity contribution in [1.29, 1.82) is 0 Å². The molecule has 0 aliphatic carbocycles. The van der Waals surface area contributed by atoms with E-state index in [1.165, 1.54) is 10.7 Å². The summed E-state index contributed by atoms with van der Waals surface area (Å²) in [6, 6.07) is 13.8. The first-order chi connectivity index (χ1) is 12.0. The Balaban J connectivity index is 1.85. The summed E-state index contributed by atoms with van der Waals surface area (Å²) in [5.41, 5.74) is 0.518. The predicted octanol–water partition coefficient (Wildman–Crippen LogP) is 2.05. The number of carbonyl (C=O) groups excluding carboxylic acids is 1. The number of hydrogen-bond donors (Lipinski definition) is 2. The van der Waals surface area contributed by atoms with E-state index in [4.69, 9.17) is 11.6 Å². The van der Waals surface area contributed by atoms with Gasteiger partial charge in [-0.15, -0.1) is 0 Å². The SMILES string of the molecule is Cn1nc(C(=O)NCC(O)c2ccccc2)c(=O)c2cc(Cl)ccc21. The molecule has 0 aliphatic heterocycles. The molecule has 0 saturated heterocycles. The number of nitrogens with one attached hydrogen (secondary N) is 1. The van der Waals surface area contributed by atoms with Gasteiger partial charge in [0, 0.05) is 18.6 Å². The number of rotatable bonds is 4. The number of aromatic nitrogens is 2. The second kappa shape index (κ2) is 7.04. The van der Waals surface area contributed by atoms with E-state index >= 15 is 0 Å². The van der Waals surface area contributed by atoms with Gasteiger partial charge in [-0.1, -0.05) is 41.9 Å². The lowest BCUT2D eigenvalue weighted by Gasteiger charge is -2.12. The number of aliphatic hydroxyl groups is 1. The van der Waals surface area contributed by atoms with Crippen molar-refractivity contribution in [3.63, 3.8) is 0 Å². The molecule has 1 amide bonds. The van der Waals surface area contributed by atoms with Crippen LogP contribution in [0.15, 0.2) is 53.3 Å².